The summed E-state index contributed by atoms with van der Waals surface area (Å²) in [4.78, 5) is 8.47. The second kappa shape index (κ2) is 8.60. The molecule has 1 heterocycles. The third-order valence-electron chi connectivity index (χ3n) is 3.53. The number of rotatable bonds is 5. The van der Waals surface area contributed by atoms with Crippen molar-refractivity contribution in [3.05, 3.63) is 77.1 Å². The summed E-state index contributed by atoms with van der Waals surface area (Å²) in [5.41, 5.74) is 2.93. The van der Waals surface area contributed by atoms with E-state index in [1.165, 1.54) is 5.56 Å². The molecule has 0 unspecified atom stereocenters. The number of hydrogen-bond acceptors (Lipinski definition) is 4. The fourth-order valence-electron chi connectivity index (χ4n) is 2.18. The molecule has 0 saturated heterocycles. The summed E-state index contributed by atoms with van der Waals surface area (Å²) in [7, 11) is 0. The SMILES string of the molecule is Cc1ccc(NC(=S)Nc2nccnc2OCc2ccccc2Cl)cc1. The molecule has 0 fully saturated rings. The minimum absolute atomic E-state index is 0.283. The molecule has 0 amide bonds. The van der Waals surface area contributed by atoms with Crippen molar-refractivity contribution >= 4 is 40.4 Å². The van der Waals surface area contributed by atoms with Crippen molar-refractivity contribution in [2.75, 3.05) is 10.6 Å². The lowest BCUT2D eigenvalue weighted by Crippen LogP contribution is -2.20. The molecule has 0 aliphatic rings. The summed E-state index contributed by atoms with van der Waals surface area (Å²) in [6.45, 7) is 2.31. The third-order valence-corrected chi connectivity index (χ3v) is 4.10. The molecule has 0 saturated carbocycles. The Morgan fingerprint density at radius 1 is 1.04 bits per heavy atom. The fraction of sp³-hybridized carbons (Fsp3) is 0.105. The van der Waals surface area contributed by atoms with Crippen molar-refractivity contribution in [3.63, 3.8) is 0 Å². The van der Waals surface area contributed by atoms with Gasteiger partial charge in [-0.1, -0.05) is 47.5 Å². The average molecular weight is 385 g/mol. The molecule has 132 valence electrons. The Bertz CT molecular complexity index is 902. The summed E-state index contributed by atoms with van der Waals surface area (Å²) >= 11 is 11.5. The van der Waals surface area contributed by atoms with Crippen LogP contribution in [0.1, 0.15) is 11.1 Å². The van der Waals surface area contributed by atoms with Crippen LogP contribution in [0.4, 0.5) is 11.5 Å². The van der Waals surface area contributed by atoms with E-state index in [1.807, 2.05) is 55.5 Å². The van der Waals surface area contributed by atoms with Crippen molar-refractivity contribution in [2.45, 2.75) is 13.5 Å². The zero-order valence-electron chi connectivity index (χ0n) is 14.1. The van der Waals surface area contributed by atoms with Gasteiger partial charge >= 0.3 is 0 Å². The molecule has 3 rings (SSSR count). The van der Waals surface area contributed by atoms with Gasteiger partial charge in [0.05, 0.1) is 0 Å². The number of nitrogens with zero attached hydrogens (tertiary/aromatic N) is 2. The maximum atomic E-state index is 6.15. The van der Waals surface area contributed by atoms with Gasteiger partial charge in [0.1, 0.15) is 6.61 Å². The first kappa shape index (κ1) is 18.1. The van der Waals surface area contributed by atoms with Crippen LogP contribution in [0.15, 0.2) is 60.9 Å². The average Bonchev–Trinajstić information content (AvgIpc) is 2.64. The van der Waals surface area contributed by atoms with Crippen LogP contribution < -0.4 is 15.4 Å². The van der Waals surface area contributed by atoms with E-state index in [2.05, 4.69) is 20.6 Å². The van der Waals surface area contributed by atoms with Crippen LogP contribution >= 0.6 is 23.8 Å². The predicted octanol–water partition coefficient (Wildman–Crippen LogP) is 4.83. The molecular formula is C19H17ClN4OS. The van der Waals surface area contributed by atoms with E-state index in [9.17, 15) is 0 Å². The largest absolute Gasteiger partial charge is 0.470 e. The number of ether oxygens (including phenoxy) is 1. The van der Waals surface area contributed by atoms with Crippen LogP contribution in [0.25, 0.3) is 0 Å². The first-order valence-corrected chi connectivity index (χ1v) is 8.72. The second-order valence-electron chi connectivity index (χ2n) is 5.54. The Balaban J connectivity index is 1.65. The summed E-state index contributed by atoms with van der Waals surface area (Å²) in [6.07, 6.45) is 3.13. The lowest BCUT2D eigenvalue weighted by Gasteiger charge is -2.13. The summed E-state index contributed by atoms with van der Waals surface area (Å²) in [6, 6.07) is 15.4. The Hall–Kier alpha value is -2.70. The van der Waals surface area contributed by atoms with Crippen LogP contribution in [0.5, 0.6) is 5.88 Å². The molecule has 0 radical (unpaired) electrons. The molecule has 2 N–H and O–H groups in total. The van der Waals surface area contributed by atoms with Crippen LogP contribution in [-0.4, -0.2) is 15.1 Å². The Morgan fingerprint density at radius 2 is 1.77 bits per heavy atom. The summed E-state index contributed by atoms with van der Waals surface area (Å²) in [5, 5.41) is 7.16. The monoisotopic (exact) mass is 384 g/mol. The molecule has 0 spiro atoms. The van der Waals surface area contributed by atoms with Gasteiger partial charge in [-0.25, -0.2) is 9.97 Å². The molecular weight excluding hydrogens is 368 g/mol. The minimum atomic E-state index is 0.283. The zero-order chi connectivity index (χ0) is 18.4. The second-order valence-corrected chi connectivity index (χ2v) is 6.35. The van der Waals surface area contributed by atoms with Crippen molar-refractivity contribution in [2.24, 2.45) is 0 Å². The smallest absolute Gasteiger partial charge is 0.258 e. The molecule has 0 atom stereocenters. The Kier molecular flexibility index (Phi) is 5.99. The van der Waals surface area contributed by atoms with Crippen molar-refractivity contribution in [3.8, 4) is 5.88 Å². The van der Waals surface area contributed by atoms with Gasteiger partial charge in [0.2, 0.25) is 0 Å². The molecule has 26 heavy (non-hydrogen) atoms. The van der Waals surface area contributed by atoms with Crippen LogP contribution in [0.3, 0.4) is 0 Å². The van der Waals surface area contributed by atoms with Gasteiger partial charge in [0.15, 0.2) is 10.9 Å². The van der Waals surface area contributed by atoms with Gasteiger partial charge in [-0.05, 0) is 37.3 Å². The number of benzene rings is 2. The number of thiocarbonyl (C=S) groups is 1. The molecule has 0 bridgehead atoms. The van der Waals surface area contributed by atoms with Gasteiger partial charge in [-0.2, -0.15) is 0 Å². The van der Waals surface area contributed by atoms with E-state index in [-0.39, 0.29) is 6.61 Å². The normalized spacial score (nSPS) is 10.2. The molecule has 7 heteroatoms. The highest BCUT2D eigenvalue weighted by atomic mass is 35.5. The van der Waals surface area contributed by atoms with Crippen LogP contribution in [0.2, 0.25) is 5.02 Å². The van der Waals surface area contributed by atoms with E-state index in [0.717, 1.165) is 11.3 Å². The molecule has 0 aliphatic heterocycles. The number of aryl methyl sites for hydroxylation is 1. The number of nitrogens with one attached hydrogen (secondary N) is 2. The third kappa shape index (κ3) is 4.91. The number of halogens is 1. The topological polar surface area (TPSA) is 59.1 Å². The Morgan fingerprint density at radius 3 is 2.54 bits per heavy atom. The van der Waals surface area contributed by atoms with Crippen molar-refractivity contribution in [1.29, 1.82) is 0 Å². The van der Waals surface area contributed by atoms with Crippen LogP contribution in [-0.2, 0) is 6.61 Å². The van der Waals surface area contributed by atoms with Gasteiger partial charge in [0, 0.05) is 28.7 Å². The van der Waals surface area contributed by atoms with Gasteiger partial charge < -0.3 is 15.4 Å². The maximum absolute atomic E-state index is 6.15. The first-order chi connectivity index (χ1) is 12.6. The quantitative estimate of drug-likeness (QED) is 0.614. The Labute approximate surface area is 162 Å². The lowest BCUT2D eigenvalue weighted by molar-refractivity contribution is 0.294. The highest BCUT2D eigenvalue weighted by molar-refractivity contribution is 7.80. The van der Waals surface area contributed by atoms with Gasteiger partial charge in [-0.15, -0.1) is 0 Å². The van der Waals surface area contributed by atoms with Gasteiger partial charge in [-0.3, -0.25) is 0 Å². The van der Waals surface area contributed by atoms with E-state index in [4.69, 9.17) is 28.6 Å². The predicted molar refractivity (Wildman–Crippen MR) is 109 cm³/mol. The zero-order valence-corrected chi connectivity index (χ0v) is 15.6. The number of anilines is 2. The molecule has 2 aromatic carbocycles. The highest BCUT2D eigenvalue weighted by Gasteiger charge is 2.10. The van der Waals surface area contributed by atoms with Crippen molar-refractivity contribution < 1.29 is 4.74 Å². The molecule has 1 aromatic heterocycles. The van der Waals surface area contributed by atoms with Gasteiger partial charge in [0.25, 0.3) is 5.88 Å². The minimum Gasteiger partial charge on any atom is -0.470 e. The standard InChI is InChI=1S/C19H17ClN4OS/c1-13-6-8-15(9-7-13)23-19(26)24-17-18(22-11-10-21-17)25-12-14-4-2-3-5-16(14)20/h2-11H,12H2,1H3,(H2,21,23,24,26). The van der Waals surface area contributed by atoms with E-state index < -0.39 is 0 Å². The highest BCUT2D eigenvalue weighted by Crippen LogP contribution is 2.22. The first-order valence-electron chi connectivity index (χ1n) is 7.94. The summed E-state index contributed by atoms with van der Waals surface area (Å²) < 4.78 is 5.76. The molecule has 0 aliphatic carbocycles. The molecule has 5 nitrogen and oxygen atoms in total. The van der Waals surface area contributed by atoms with E-state index in [1.54, 1.807) is 12.4 Å². The fourth-order valence-corrected chi connectivity index (χ4v) is 2.59. The van der Waals surface area contributed by atoms with Crippen LogP contribution in [0, 0.1) is 6.92 Å². The maximum Gasteiger partial charge on any atom is 0.258 e. The summed E-state index contributed by atoms with van der Waals surface area (Å²) in [5.74, 6) is 0.782. The number of aromatic nitrogens is 2. The molecule has 3 aromatic rings. The van der Waals surface area contributed by atoms with Crippen molar-refractivity contribution in [1.82, 2.24) is 9.97 Å². The lowest BCUT2D eigenvalue weighted by atomic mass is 10.2. The number of hydrogen-bond donors (Lipinski definition) is 2. The van der Waals surface area contributed by atoms with E-state index >= 15 is 0 Å². The van der Waals surface area contributed by atoms with E-state index in [0.29, 0.717) is 21.8 Å².